The second kappa shape index (κ2) is 24.5. The zero-order valence-corrected chi connectivity index (χ0v) is 41.3. The number of benzene rings is 5. The van der Waals surface area contributed by atoms with Crippen LogP contribution >= 0.6 is 0 Å². The van der Waals surface area contributed by atoms with Crippen LogP contribution in [0.15, 0.2) is 97.1 Å². The number of aliphatic hydroxyl groups excluding tert-OH is 2. The molecule has 0 radical (unpaired) electrons. The Balaban J connectivity index is 0.000000200. The van der Waals surface area contributed by atoms with E-state index in [2.05, 4.69) is 46.4 Å². The minimum Gasteiger partial charge on any atom is -0.486 e. The topological polar surface area (TPSA) is 217 Å². The Morgan fingerprint density at radius 3 is 1.32 bits per heavy atom. The van der Waals surface area contributed by atoms with E-state index in [0.717, 1.165) is 69.1 Å². The SMILES string of the molecule is CC(C)c1ccc(-c2ccc(C(=O)C(=O)N[C@H](CN3CCCC3)[C@H](O)c3cc(F)c4c(c3)OCCO4)cc2)cc1.O=C(N[C@H](CN1CCCC1)[C@H](O)c1cc(F)c2c(c1)OCCO2)C(=O)c1ccc(B(O)O)cc1. The fourth-order valence-electron chi connectivity index (χ4n) is 9.41. The Bertz CT molecular complexity index is 2770. The normalized spacial score (nSPS) is 16.8. The Labute approximate surface area is 428 Å². The van der Waals surface area contributed by atoms with Gasteiger partial charge >= 0.3 is 7.12 Å². The molecule has 2 fully saturated rings. The van der Waals surface area contributed by atoms with Crippen molar-refractivity contribution < 1.29 is 67.2 Å². The summed E-state index contributed by atoms with van der Waals surface area (Å²) >= 11 is 0. The number of aliphatic hydroxyl groups is 2. The highest BCUT2D eigenvalue weighted by Crippen LogP contribution is 2.38. The number of amides is 2. The van der Waals surface area contributed by atoms with Crippen molar-refractivity contribution in [3.05, 3.63) is 137 Å². The van der Waals surface area contributed by atoms with Crippen LogP contribution in [0, 0.1) is 11.6 Å². The third kappa shape index (κ3) is 13.1. The largest absolute Gasteiger partial charge is 0.488 e. The van der Waals surface area contributed by atoms with E-state index >= 15 is 0 Å². The fourth-order valence-corrected chi connectivity index (χ4v) is 9.41. The van der Waals surface area contributed by atoms with Crippen LogP contribution in [0.2, 0.25) is 0 Å². The molecule has 4 heterocycles. The van der Waals surface area contributed by atoms with Gasteiger partial charge in [0.05, 0.1) is 12.1 Å². The minimum absolute atomic E-state index is 0.0109. The van der Waals surface area contributed by atoms with E-state index in [-0.39, 0.29) is 83.7 Å². The van der Waals surface area contributed by atoms with Gasteiger partial charge in [0.15, 0.2) is 34.6 Å². The second-order valence-electron chi connectivity index (χ2n) is 19.1. The van der Waals surface area contributed by atoms with E-state index in [9.17, 15) is 48.2 Å². The number of Topliss-reactive ketones (excluding diaryl/α,β-unsaturated/α-hetero) is 2. The number of carbonyl (C=O) groups excluding carboxylic acids is 4. The Morgan fingerprint density at radius 1 is 0.554 bits per heavy atom. The average Bonchev–Trinajstić information content (AvgIpc) is 4.15. The summed E-state index contributed by atoms with van der Waals surface area (Å²) in [6, 6.07) is 24.1. The fraction of sp³-hybridized carbons (Fsp3) is 0.382. The quantitative estimate of drug-likeness (QED) is 0.0425. The van der Waals surface area contributed by atoms with E-state index in [0.29, 0.717) is 12.5 Å². The molecular formula is C55H61BF2N4O12. The smallest absolute Gasteiger partial charge is 0.486 e. The molecule has 2 saturated heterocycles. The number of fused-ring (bicyclic) bond motifs is 2. The summed E-state index contributed by atoms with van der Waals surface area (Å²) in [6.07, 6.45) is 1.42. The zero-order valence-electron chi connectivity index (χ0n) is 41.3. The first-order valence-corrected chi connectivity index (χ1v) is 25.0. The molecule has 0 saturated carbocycles. The van der Waals surface area contributed by atoms with E-state index < -0.39 is 66.4 Å². The standard InChI is InChI=1S/C32H35FN2O5.C23H26BFN2O7/c1-20(2)21-5-7-22(8-6-21)23-9-11-24(12-10-23)30(37)32(38)34-27(19-35-13-3-4-14-35)29(36)25-17-26(33)31-28(18-25)39-15-16-40-31;25-17-11-15(12-19-22(17)34-10-9-33-19)20(28)18(13-27-7-1-2-8-27)26-23(30)21(29)14-3-5-16(6-4-14)24(31)32/h5-12,17-18,20,27,29,36H,3-4,13-16,19H2,1-2H3,(H,34,38);3-6,11-12,18,20,28,31-32H,1-2,7-10,13H2,(H,26,30)/t27-,29-;18-,20-/m11/s1. The van der Waals surface area contributed by atoms with Crippen molar-refractivity contribution >= 4 is 36.0 Å². The maximum atomic E-state index is 14.7. The molecule has 5 aromatic rings. The van der Waals surface area contributed by atoms with Crippen molar-refractivity contribution in [3.8, 4) is 34.1 Å². The van der Waals surface area contributed by atoms with Gasteiger partial charge in [-0.3, -0.25) is 19.2 Å². The number of rotatable bonds is 17. The highest BCUT2D eigenvalue weighted by Gasteiger charge is 2.33. The summed E-state index contributed by atoms with van der Waals surface area (Å²) in [4.78, 5) is 55.8. The number of ether oxygens (including phenoxy) is 4. The zero-order chi connectivity index (χ0) is 52.5. The van der Waals surface area contributed by atoms with Gasteiger partial charge in [-0.15, -0.1) is 0 Å². The van der Waals surface area contributed by atoms with Crippen LogP contribution in [0.3, 0.4) is 0 Å². The molecule has 9 rings (SSSR count). The molecule has 2 amide bonds. The molecule has 4 aliphatic heterocycles. The Morgan fingerprint density at radius 2 is 0.932 bits per heavy atom. The lowest BCUT2D eigenvalue weighted by Gasteiger charge is -2.29. The molecule has 19 heteroatoms. The first-order valence-electron chi connectivity index (χ1n) is 25.0. The third-order valence-corrected chi connectivity index (χ3v) is 13.6. The molecule has 0 aromatic heterocycles. The number of hydrogen-bond acceptors (Lipinski definition) is 14. The highest BCUT2D eigenvalue weighted by molar-refractivity contribution is 6.58. The van der Waals surface area contributed by atoms with Gasteiger partial charge in [0.25, 0.3) is 11.8 Å². The molecule has 74 heavy (non-hydrogen) atoms. The number of hydrogen-bond donors (Lipinski definition) is 6. The van der Waals surface area contributed by atoms with Crippen molar-refractivity contribution in [2.24, 2.45) is 0 Å². The molecule has 5 aromatic carbocycles. The summed E-state index contributed by atoms with van der Waals surface area (Å²) in [6.45, 7) is 9.08. The molecule has 16 nitrogen and oxygen atoms in total. The van der Waals surface area contributed by atoms with Crippen LogP contribution in [0.1, 0.15) is 95.1 Å². The number of nitrogens with one attached hydrogen (secondary N) is 2. The number of likely N-dealkylation sites (tertiary alicyclic amines) is 2. The number of ketones is 2. The van der Waals surface area contributed by atoms with Gasteiger partial charge in [-0.25, -0.2) is 8.78 Å². The van der Waals surface area contributed by atoms with Gasteiger partial charge in [-0.1, -0.05) is 86.6 Å². The van der Waals surface area contributed by atoms with Gasteiger partial charge in [-0.05, 0) is 115 Å². The summed E-state index contributed by atoms with van der Waals surface area (Å²) in [5, 5.41) is 46.1. The molecule has 4 aliphatic rings. The van der Waals surface area contributed by atoms with Crippen LogP contribution in [-0.4, -0.2) is 138 Å². The minimum atomic E-state index is -1.69. The van der Waals surface area contributed by atoms with Gasteiger partial charge in [0, 0.05) is 24.2 Å². The Hall–Kier alpha value is -6.74. The van der Waals surface area contributed by atoms with Crippen molar-refractivity contribution in [2.45, 2.75) is 69.7 Å². The van der Waals surface area contributed by atoms with Gasteiger partial charge in [0.2, 0.25) is 11.6 Å². The molecule has 6 N–H and O–H groups in total. The molecule has 4 atom stereocenters. The lowest BCUT2D eigenvalue weighted by atomic mass is 9.80. The second-order valence-corrected chi connectivity index (χ2v) is 19.1. The average molecular weight is 1020 g/mol. The number of carbonyl (C=O) groups is 4. The summed E-state index contributed by atoms with van der Waals surface area (Å²) < 4.78 is 50.9. The molecular weight excluding hydrogens is 957 g/mol. The number of nitrogens with zero attached hydrogens (tertiary/aromatic N) is 2. The predicted molar refractivity (Wildman–Crippen MR) is 271 cm³/mol. The van der Waals surface area contributed by atoms with Crippen molar-refractivity contribution in [2.75, 3.05) is 65.7 Å². The lowest BCUT2D eigenvalue weighted by Crippen LogP contribution is -2.48. The number of halogens is 2. The molecule has 0 bridgehead atoms. The van der Waals surface area contributed by atoms with Gasteiger partial charge < -0.3 is 59.6 Å². The Kier molecular flexibility index (Phi) is 17.8. The van der Waals surface area contributed by atoms with Gasteiger partial charge in [-0.2, -0.15) is 0 Å². The molecule has 0 aliphatic carbocycles. The summed E-state index contributed by atoms with van der Waals surface area (Å²) in [7, 11) is -1.69. The summed E-state index contributed by atoms with van der Waals surface area (Å²) in [5.41, 5.74) is 4.13. The highest BCUT2D eigenvalue weighted by atomic mass is 19.1. The first kappa shape index (κ1) is 53.6. The van der Waals surface area contributed by atoms with E-state index in [1.165, 1.54) is 48.0 Å². The van der Waals surface area contributed by atoms with Crippen LogP contribution in [-0.2, 0) is 9.59 Å². The first-order chi connectivity index (χ1) is 35.6. The van der Waals surface area contributed by atoms with Crippen LogP contribution in [0.5, 0.6) is 23.0 Å². The van der Waals surface area contributed by atoms with Crippen LogP contribution in [0.4, 0.5) is 8.78 Å². The van der Waals surface area contributed by atoms with E-state index in [4.69, 9.17) is 18.9 Å². The maximum absolute atomic E-state index is 14.7. The predicted octanol–water partition coefficient (Wildman–Crippen LogP) is 4.66. The van der Waals surface area contributed by atoms with Crippen LogP contribution in [0.25, 0.3) is 11.1 Å². The molecule has 0 spiro atoms. The van der Waals surface area contributed by atoms with Crippen molar-refractivity contribution in [1.82, 2.24) is 20.4 Å². The monoisotopic (exact) mass is 1020 g/mol. The third-order valence-electron chi connectivity index (χ3n) is 13.6. The van der Waals surface area contributed by atoms with Crippen molar-refractivity contribution in [3.63, 3.8) is 0 Å². The lowest BCUT2D eigenvalue weighted by molar-refractivity contribution is -0.119. The van der Waals surface area contributed by atoms with Crippen molar-refractivity contribution in [1.29, 1.82) is 0 Å². The molecule has 0 unspecified atom stereocenters. The molecule has 390 valence electrons. The maximum Gasteiger partial charge on any atom is 0.488 e. The van der Waals surface area contributed by atoms with E-state index in [1.54, 1.807) is 12.1 Å². The van der Waals surface area contributed by atoms with E-state index in [1.807, 2.05) is 24.3 Å². The van der Waals surface area contributed by atoms with Gasteiger partial charge in [0.1, 0.15) is 38.6 Å². The summed E-state index contributed by atoms with van der Waals surface area (Å²) in [5.74, 6) is -3.81. The van der Waals surface area contributed by atoms with Crippen LogP contribution < -0.4 is 35.0 Å².